The summed E-state index contributed by atoms with van der Waals surface area (Å²) < 4.78 is 0. The van der Waals surface area contributed by atoms with E-state index in [1.54, 1.807) is 0 Å². The van der Waals surface area contributed by atoms with Crippen molar-refractivity contribution in [3.63, 3.8) is 0 Å². The fourth-order valence-corrected chi connectivity index (χ4v) is 1.94. The van der Waals surface area contributed by atoms with Crippen LogP contribution < -0.4 is 16.8 Å². The summed E-state index contributed by atoms with van der Waals surface area (Å²) in [6.45, 7) is 4.64. The van der Waals surface area contributed by atoms with Crippen LogP contribution in [0.1, 0.15) is 39.5 Å². The highest BCUT2D eigenvalue weighted by Crippen LogP contribution is 2.48. The minimum atomic E-state index is -0.316. The van der Waals surface area contributed by atoms with Crippen molar-refractivity contribution in [2.24, 2.45) is 22.0 Å². The van der Waals surface area contributed by atoms with Gasteiger partial charge in [-0.3, -0.25) is 4.79 Å². The first-order chi connectivity index (χ1) is 7.79. The molecular weight excluding hydrogens is 220 g/mol. The third-order valence-electron chi connectivity index (χ3n) is 3.20. The second-order valence-corrected chi connectivity index (χ2v) is 5.65. The third-order valence-corrected chi connectivity index (χ3v) is 3.20. The van der Waals surface area contributed by atoms with Crippen molar-refractivity contribution in [2.45, 2.75) is 45.1 Å². The summed E-state index contributed by atoms with van der Waals surface area (Å²) in [4.78, 5) is 10.9. The summed E-state index contributed by atoms with van der Waals surface area (Å²) >= 11 is 0. The zero-order valence-electron chi connectivity index (χ0n) is 10.5. The van der Waals surface area contributed by atoms with Crippen LogP contribution in [0.2, 0.25) is 0 Å². The van der Waals surface area contributed by atoms with Gasteiger partial charge >= 0.3 is 0 Å². The Morgan fingerprint density at radius 3 is 2.47 bits per heavy atom. The predicted molar refractivity (Wildman–Crippen MR) is 65.6 cm³/mol. The highest BCUT2D eigenvalue weighted by molar-refractivity contribution is 5.80. The molecule has 0 aromatic carbocycles. The summed E-state index contributed by atoms with van der Waals surface area (Å²) in [6, 6.07) is 0. The Balaban J connectivity index is 2.42. The van der Waals surface area contributed by atoms with Crippen molar-refractivity contribution in [1.82, 2.24) is 5.32 Å². The number of amidine groups is 1. The molecule has 1 saturated carbocycles. The number of primary amides is 1. The van der Waals surface area contributed by atoms with Gasteiger partial charge in [0, 0.05) is 24.9 Å². The van der Waals surface area contributed by atoms with Crippen molar-refractivity contribution < 1.29 is 10.0 Å². The van der Waals surface area contributed by atoms with E-state index < -0.39 is 0 Å². The second-order valence-electron chi connectivity index (χ2n) is 5.65. The highest BCUT2D eigenvalue weighted by Gasteiger charge is 2.44. The van der Waals surface area contributed by atoms with Gasteiger partial charge in [-0.25, -0.2) is 0 Å². The number of hydrogen-bond acceptors (Lipinski definition) is 4. The molecule has 0 radical (unpaired) electrons. The maximum atomic E-state index is 10.9. The van der Waals surface area contributed by atoms with Crippen LogP contribution in [0.5, 0.6) is 0 Å². The zero-order chi connectivity index (χ0) is 13.1. The molecular formula is C11H22N4O2. The number of hydrogen-bond donors (Lipinski definition) is 4. The van der Waals surface area contributed by atoms with E-state index in [0.29, 0.717) is 12.8 Å². The number of oxime groups is 1. The largest absolute Gasteiger partial charge is 0.409 e. The topological polar surface area (TPSA) is 114 Å². The Morgan fingerprint density at radius 2 is 2.06 bits per heavy atom. The van der Waals surface area contributed by atoms with Crippen LogP contribution >= 0.6 is 0 Å². The molecule has 1 fully saturated rings. The lowest BCUT2D eigenvalue weighted by Crippen LogP contribution is -2.45. The van der Waals surface area contributed by atoms with Gasteiger partial charge in [0.1, 0.15) is 5.84 Å². The first-order valence-electron chi connectivity index (χ1n) is 5.78. The first kappa shape index (κ1) is 13.8. The molecule has 0 heterocycles. The average molecular weight is 242 g/mol. The molecule has 98 valence electrons. The van der Waals surface area contributed by atoms with Gasteiger partial charge in [-0.1, -0.05) is 5.16 Å². The number of nitrogens with one attached hydrogen (secondary N) is 1. The lowest BCUT2D eigenvalue weighted by atomic mass is 9.96. The van der Waals surface area contributed by atoms with E-state index in [-0.39, 0.29) is 22.7 Å². The van der Waals surface area contributed by atoms with E-state index in [0.717, 1.165) is 19.4 Å². The normalized spacial score (nSPS) is 19.1. The van der Waals surface area contributed by atoms with Gasteiger partial charge < -0.3 is 22.0 Å². The SMILES string of the molecule is CC(C)(CC(N)=O)NCC1(CC(N)=NO)CC1. The monoisotopic (exact) mass is 242 g/mol. The molecule has 0 unspecified atom stereocenters. The molecule has 1 rings (SSSR count). The van der Waals surface area contributed by atoms with Gasteiger partial charge in [-0.05, 0) is 32.1 Å². The van der Waals surface area contributed by atoms with Gasteiger partial charge in [0.05, 0.1) is 0 Å². The molecule has 0 atom stereocenters. The van der Waals surface area contributed by atoms with E-state index >= 15 is 0 Å². The lowest BCUT2D eigenvalue weighted by molar-refractivity contribution is -0.119. The molecule has 0 aromatic heterocycles. The Bertz CT molecular complexity index is 321. The van der Waals surface area contributed by atoms with Crippen molar-refractivity contribution in [3.8, 4) is 0 Å². The van der Waals surface area contributed by atoms with Crippen molar-refractivity contribution in [1.29, 1.82) is 0 Å². The summed E-state index contributed by atoms with van der Waals surface area (Å²) in [6.07, 6.45) is 3.00. The molecule has 6 nitrogen and oxygen atoms in total. The summed E-state index contributed by atoms with van der Waals surface area (Å²) in [5.74, 6) is -0.0548. The first-order valence-corrected chi connectivity index (χ1v) is 5.78. The number of carbonyl (C=O) groups excluding carboxylic acids is 1. The van der Waals surface area contributed by atoms with Crippen molar-refractivity contribution >= 4 is 11.7 Å². The Kier molecular flexibility index (Phi) is 3.98. The second kappa shape index (κ2) is 4.91. The molecule has 6 heteroatoms. The quantitative estimate of drug-likeness (QED) is 0.220. The summed E-state index contributed by atoms with van der Waals surface area (Å²) in [5, 5.41) is 14.9. The number of carbonyl (C=O) groups is 1. The summed E-state index contributed by atoms with van der Waals surface area (Å²) in [7, 11) is 0. The van der Waals surface area contributed by atoms with Gasteiger partial charge in [-0.15, -0.1) is 0 Å². The summed E-state index contributed by atoms with van der Waals surface area (Å²) in [5.41, 5.74) is 10.5. The van der Waals surface area contributed by atoms with Crippen LogP contribution in [0.4, 0.5) is 0 Å². The molecule has 0 bridgehead atoms. The minimum absolute atomic E-state index is 0.0885. The van der Waals surface area contributed by atoms with Crippen molar-refractivity contribution in [3.05, 3.63) is 0 Å². The number of nitrogens with zero attached hydrogens (tertiary/aromatic N) is 1. The maximum Gasteiger partial charge on any atom is 0.219 e. The Morgan fingerprint density at radius 1 is 1.47 bits per heavy atom. The van der Waals surface area contributed by atoms with E-state index in [2.05, 4.69) is 10.5 Å². The fourth-order valence-electron chi connectivity index (χ4n) is 1.94. The van der Waals surface area contributed by atoms with Gasteiger partial charge in [0.15, 0.2) is 0 Å². The zero-order valence-corrected chi connectivity index (χ0v) is 10.5. The Labute approximate surface area is 101 Å². The predicted octanol–water partition coefficient (Wildman–Crippen LogP) is 0.147. The molecule has 0 saturated heterocycles. The van der Waals surface area contributed by atoms with Crippen LogP contribution in [0.15, 0.2) is 5.16 Å². The van der Waals surface area contributed by atoms with Gasteiger partial charge in [0.25, 0.3) is 0 Å². The number of rotatable bonds is 7. The average Bonchev–Trinajstić information content (AvgIpc) is 2.94. The van der Waals surface area contributed by atoms with E-state index in [1.165, 1.54) is 0 Å². The molecule has 1 amide bonds. The fraction of sp³-hybridized carbons (Fsp3) is 0.818. The van der Waals surface area contributed by atoms with Crippen LogP contribution in [0.25, 0.3) is 0 Å². The standard InChI is InChI=1S/C11H22N4O2/c1-10(2,6-9(13)16)14-7-11(3-4-11)5-8(12)15-17/h14,17H,3-7H2,1-2H3,(H2,12,15)(H2,13,16). The highest BCUT2D eigenvalue weighted by atomic mass is 16.4. The molecule has 0 spiro atoms. The molecule has 6 N–H and O–H groups in total. The van der Waals surface area contributed by atoms with Crippen molar-refractivity contribution in [2.75, 3.05) is 6.54 Å². The Hall–Kier alpha value is -1.30. The van der Waals surface area contributed by atoms with E-state index in [9.17, 15) is 4.79 Å². The third kappa shape index (κ3) is 4.60. The molecule has 0 aliphatic heterocycles. The molecule has 0 aromatic rings. The van der Waals surface area contributed by atoms with Crippen LogP contribution in [-0.4, -0.2) is 29.0 Å². The van der Waals surface area contributed by atoms with Crippen LogP contribution in [0, 0.1) is 5.41 Å². The van der Waals surface area contributed by atoms with Crippen LogP contribution in [0.3, 0.4) is 0 Å². The smallest absolute Gasteiger partial charge is 0.219 e. The molecule has 17 heavy (non-hydrogen) atoms. The number of amides is 1. The maximum absolute atomic E-state index is 10.9. The van der Waals surface area contributed by atoms with Gasteiger partial charge in [-0.2, -0.15) is 0 Å². The minimum Gasteiger partial charge on any atom is -0.409 e. The van der Waals surface area contributed by atoms with Crippen LogP contribution in [-0.2, 0) is 4.79 Å². The number of nitrogens with two attached hydrogens (primary N) is 2. The molecule has 1 aliphatic rings. The van der Waals surface area contributed by atoms with E-state index in [1.807, 2.05) is 13.8 Å². The lowest BCUT2D eigenvalue weighted by Gasteiger charge is -2.28. The van der Waals surface area contributed by atoms with E-state index in [4.69, 9.17) is 16.7 Å². The molecule has 1 aliphatic carbocycles. The van der Waals surface area contributed by atoms with Gasteiger partial charge in [0.2, 0.25) is 5.91 Å².